The molecule has 0 saturated carbocycles. The number of anilines is 1. The van der Waals surface area contributed by atoms with Crippen LogP contribution in [0, 0.1) is 0 Å². The van der Waals surface area contributed by atoms with Crippen LogP contribution in [-0.4, -0.2) is 42.6 Å². The quantitative estimate of drug-likeness (QED) is 0.837. The van der Waals surface area contributed by atoms with Crippen molar-refractivity contribution in [1.82, 2.24) is 0 Å². The van der Waals surface area contributed by atoms with Gasteiger partial charge in [0.15, 0.2) is 0 Å². The number of piperidine rings is 1. The molecule has 1 aromatic rings. The summed E-state index contributed by atoms with van der Waals surface area (Å²) in [6.07, 6.45) is 2.66. The van der Waals surface area contributed by atoms with Gasteiger partial charge in [-0.1, -0.05) is 19.1 Å². The smallest absolute Gasteiger partial charge is 0.0787 e. The summed E-state index contributed by atoms with van der Waals surface area (Å²) in [5, 5.41) is 18.6. The summed E-state index contributed by atoms with van der Waals surface area (Å²) in [6, 6.07) is 8.20. The molecule has 1 aliphatic heterocycles. The molecule has 0 aromatic heterocycles. The fraction of sp³-hybridized carbons (Fsp3) is 0.625. The third-order valence-electron chi connectivity index (χ3n) is 3.92. The van der Waals surface area contributed by atoms with Crippen molar-refractivity contribution in [2.45, 2.75) is 38.4 Å². The predicted octanol–water partition coefficient (Wildman–Crippen LogP) is 2.11. The maximum Gasteiger partial charge on any atom is 0.0787 e. The third-order valence-corrected chi connectivity index (χ3v) is 3.92. The van der Waals surface area contributed by atoms with Gasteiger partial charge in [0.25, 0.3) is 0 Å². The molecule has 0 amide bonds. The number of benzene rings is 1. The van der Waals surface area contributed by atoms with E-state index in [0.29, 0.717) is 6.61 Å². The van der Waals surface area contributed by atoms with Crippen molar-refractivity contribution < 1.29 is 14.9 Å². The van der Waals surface area contributed by atoms with E-state index < -0.39 is 0 Å². The fourth-order valence-corrected chi connectivity index (χ4v) is 2.64. The second-order valence-electron chi connectivity index (χ2n) is 5.30. The Labute approximate surface area is 121 Å². The van der Waals surface area contributed by atoms with Crippen LogP contribution in [0.5, 0.6) is 0 Å². The molecule has 20 heavy (non-hydrogen) atoms. The third kappa shape index (κ3) is 3.95. The predicted molar refractivity (Wildman–Crippen MR) is 80.0 cm³/mol. The Balaban J connectivity index is 1.87. The van der Waals surface area contributed by atoms with E-state index in [1.165, 1.54) is 5.69 Å². The van der Waals surface area contributed by atoms with Crippen LogP contribution >= 0.6 is 0 Å². The molecule has 1 heterocycles. The van der Waals surface area contributed by atoms with Crippen LogP contribution in [-0.2, 0) is 4.74 Å². The lowest BCUT2D eigenvalue weighted by molar-refractivity contribution is 0.0159. The van der Waals surface area contributed by atoms with Gasteiger partial charge in [0.2, 0.25) is 0 Å². The minimum Gasteiger partial charge on any atom is -0.394 e. The van der Waals surface area contributed by atoms with E-state index in [4.69, 9.17) is 9.84 Å². The zero-order valence-corrected chi connectivity index (χ0v) is 12.2. The van der Waals surface area contributed by atoms with Crippen molar-refractivity contribution >= 4 is 5.69 Å². The Hall–Kier alpha value is -1.10. The second kappa shape index (κ2) is 7.62. The Bertz CT molecular complexity index is 385. The molecule has 0 aliphatic carbocycles. The first-order valence-electron chi connectivity index (χ1n) is 7.50. The highest BCUT2D eigenvalue weighted by molar-refractivity contribution is 5.48. The van der Waals surface area contributed by atoms with E-state index in [2.05, 4.69) is 17.0 Å². The van der Waals surface area contributed by atoms with Crippen LogP contribution < -0.4 is 4.90 Å². The van der Waals surface area contributed by atoms with Gasteiger partial charge in [-0.05, 0) is 37.0 Å². The van der Waals surface area contributed by atoms with E-state index >= 15 is 0 Å². The minimum absolute atomic E-state index is 0.0986. The Morgan fingerprint density at radius 3 is 2.45 bits per heavy atom. The molecule has 112 valence electrons. The van der Waals surface area contributed by atoms with E-state index in [1.807, 2.05) is 19.1 Å². The highest BCUT2D eigenvalue weighted by atomic mass is 16.5. The Kier molecular flexibility index (Phi) is 5.83. The largest absolute Gasteiger partial charge is 0.394 e. The van der Waals surface area contributed by atoms with Crippen molar-refractivity contribution in [3.05, 3.63) is 29.8 Å². The highest BCUT2D eigenvalue weighted by Gasteiger charge is 2.19. The first-order valence-corrected chi connectivity index (χ1v) is 7.50. The van der Waals surface area contributed by atoms with Crippen molar-refractivity contribution in [2.75, 3.05) is 31.2 Å². The van der Waals surface area contributed by atoms with Gasteiger partial charge in [0.1, 0.15) is 0 Å². The van der Waals surface area contributed by atoms with Crippen LogP contribution in [0.2, 0.25) is 0 Å². The lowest BCUT2D eigenvalue weighted by Gasteiger charge is -2.33. The maximum atomic E-state index is 9.80. The molecule has 1 fully saturated rings. The Morgan fingerprint density at radius 1 is 1.25 bits per heavy atom. The van der Waals surface area contributed by atoms with Crippen molar-refractivity contribution in [2.24, 2.45) is 0 Å². The molecule has 0 unspecified atom stereocenters. The zero-order chi connectivity index (χ0) is 14.4. The molecule has 0 radical (unpaired) electrons. The lowest BCUT2D eigenvalue weighted by Crippen LogP contribution is -2.37. The molecule has 0 spiro atoms. The van der Waals surface area contributed by atoms with Crippen molar-refractivity contribution in [1.29, 1.82) is 0 Å². The summed E-state index contributed by atoms with van der Waals surface area (Å²) in [6.45, 7) is 4.48. The van der Waals surface area contributed by atoms with Crippen LogP contribution in [0.25, 0.3) is 0 Å². The van der Waals surface area contributed by atoms with Crippen LogP contribution in [0.1, 0.15) is 37.9 Å². The normalized spacial score (nSPS) is 18.2. The highest BCUT2D eigenvalue weighted by Crippen LogP contribution is 2.24. The van der Waals surface area contributed by atoms with Crippen molar-refractivity contribution in [3.8, 4) is 0 Å². The molecule has 1 aliphatic rings. The summed E-state index contributed by atoms with van der Waals surface area (Å²) in [4.78, 5) is 2.35. The monoisotopic (exact) mass is 279 g/mol. The molecule has 1 saturated heterocycles. The van der Waals surface area contributed by atoms with Gasteiger partial charge in [0, 0.05) is 18.8 Å². The van der Waals surface area contributed by atoms with E-state index in [9.17, 15) is 5.11 Å². The van der Waals surface area contributed by atoms with Gasteiger partial charge in [-0.2, -0.15) is 0 Å². The molecular weight excluding hydrogens is 254 g/mol. The fourth-order valence-electron chi connectivity index (χ4n) is 2.64. The average Bonchev–Trinajstić information content (AvgIpc) is 2.53. The van der Waals surface area contributed by atoms with E-state index in [1.54, 1.807) is 0 Å². The van der Waals surface area contributed by atoms with Crippen molar-refractivity contribution in [3.63, 3.8) is 0 Å². The molecule has 1 atom stereocenters. The number of hydrogen-bond donors (Lipinski definition) is 2. The number of rotatable bonds is 6. The summed E-state index contributed by atoms with van der Waals surface area (Å²) in [5.74, 6) is 0. The summed E-state index contributed by atoms with van der Waals surface area (Å²) < 4.78 is 5.57. The molecular formula is C16H25NO3. The SMILES string of the molecule is CC[C@H](O)c1ccc(N2CCC(OCCO)CC2)cc1. The number of nitrogens with zero attached hydrogens (tertiary/aromatic N) is 1. The first-order chi connectivity index (χ1) is 9.74. The first kappa shape index (κ1) is 15.3. The van der Waals surface area contributed by atoms with Gasteiger partial charge in [-0.25, -0.2) is 0 Å². The van der Waals surface area contributed by atoms with Gasteiger partial charge >= 0.3 is 0 Å². The molecule has 2 rings (SSSR count). The summed E-state index contributed by atoms with van der Waals surface area (Å²) in [7, 11) is 0. The number of ether oxygens (including phenoxy) is 1. The van der Waals surface area contributed by atoms with Crippen LogP contribution in [0.4, 0.5) is 5.69 Å². The lowest BCUT2D eigenvalue weighted by atomic mass is 10.0. The molecule has 4 nitrogen and oxygen atoms in total. The maximum absolute atomic E-state index is 9.80. The van der Waals surface area contributed by atoms with Gasteiger partial charge in [-0.3, -0.25) is 0 Å². The topological polar surface area (TPSA) is 52.9 Å². The Morgan fingerprint density at radius 2 is 1.90 bits per heavy atom. The van der Waals surface area contributed by atoms with Crippen LogP contribution in [0.15, 0.2) is 24.3 Å². The minimum atomic E-state index is -0.360. The van der Waals surface area contributed by atoms with Gasteiger partial charge < -0.3 is 19.8 Å². The van der Waals surface area contributed by atoms with Crippen LogP contribution in [0.3, 0.4) is 0 Å². The van der Waals surface area contributed by atoms with E-state index in [0.717, 1.165) is 37.9 Å². The summed E-state index contributed by atoms with van der Waals surface area (Å²) >= 11 is 0. The van der Waals surface area contributed by atoms with Gasteiger partial charge in [0.05, 0.1) is 25.4 Å². The molecule has 4 heteroatoms. The second-order valence-corrected chi connectivity index (χ2v) is 5.30. The number of aliphatic hydroxyl groups excluding tert-OH is 2. The zero-order valence-electron chi connectivity index (χ0n) is 12.2. The van der Waals surface area contributed by atoms with Gasteiger partial charge in [-0.15, -0.1) is 0 Å². The van der Waals surface area contributed by atoms with E-state index in [-0.39, 0.29) is 18.8 Å². The standard InChI is InChI=1S/C16H25NO3/c1-2-16(19)13-3-5-14(6-4-13)17-9-7-15(8-10-17)20-12-11-18/h3-6,15-16,18-19H,2,7-12H2,1H3/t16-/m0/s1. The number of aliphatic hydroxyl groups is 2. The number of hydrogen-bond acceptors (Lipinski definition) is 4. The average molecular weight is 279 g/mol. The molecule has 0 bridgehead atoms. The molecule has 2 N–H and O–H groups in total. The molecule has 1 aromatic carbocycles. The summed E-state index contributed by atoms with van der Waals surface area (Å²) in [5.41, 5.74) is 2.19.